The molecular weight excluding hydrogens is 312 g/mol. The third-order valence-electron chi connectivity index (χ3n) is 3.59. The number of nitrogens with zero attached hydrogens (tertiary/aromatic N) is 4. The van der Waals surface area contributed by atoms with Crippen LogP contribution in [-0.2, 0) is 9.47 Å². The van der Waals surface area contributed by atoms with Crippen molar-refractivity contribution in [3.05, 3.63) is 30.3 Å². The summed E-state index contributed by atoms with van der Waals surface area (Å²) in [5, 5.41) is 9.74. The second kappa shape index (κ2) is 8.33. The molecular formula is C16H22N4O2S. The molecule has 0 unspecified atom stereocenters. The number of aromatic nitrogens is 3. The summed E-state index contributed by atoms with van der Waals surface area (Å²) in [5.41, 5.74) is 1.08. The Kier molecular flexibility index (Phi) is 5.90. The second-order valence-electron chi connectivity index (χ2n) is 5.10. The van der Waals surface area contributed by atoms with E-state index < -0.39 is 0 Å². The summed E-state index contributed by atoms with van der Waals surface area (Å²) >= 11 is 1.67. The van der Waals surface area contributed by atoms with Crippen molar-refractivity contribution in [2.45, 2.75) is 12.1 Å². The van der Waals surface area contributed by atoms with Crippen LogP contribution in [0.25, 0.3) is 5.69 Å². The summed E-state index contributed by atoms with van der Waals surface area (Å²) in [6.07, 6.45) is 0. The van der Waals surface area contributed by atoms with Gasteiger partial charge in [0.1, 0.15) is 0 Å². The molecule has 1 aliphatic heterocycles. The standard InChI is InChI=1S/C16H22N4O2S/c1-2-21-12-13-23-16-18-17-15(19-8-10-22-11-9-19)20(16)14-6-4-3-5-7-14/h3-7H,2,8-13H2,1H3. The SMILES string of the molecule is CCOCCSc1nnc(N2CCOCC2)n1-c1ccccc1. The Balaban J connectivity index is 1.85. The summed E-state index contributed by atoms with van der Waals surface area (Å²) in [7, 11) is 0. The quantitative estimate of drug-likeness (QED) is 0.572. The molecule has 0 radical (unpaired) electrons. The fourth-order valence-electron chi connectivity index (χ4n) is 2.46. The lowest BCUT2D eigenvalue weighted by Crippen LogP contribution is -2.37. The number of morpholine rings is 1. The molecule has 1 saturated heterocycles. The largest absolute Gasteiger partial charge is 0.381 e. The number of thioether (sulfide) groups is 1. The molecule has 0 saturated carbocycles. The molecule has 124 valence electrons. The van der Waals surface area contributed by atoms with Crippen molar-refractivity contribution in [3.8, 4) is 5.69 Å². The zero-order valence-electron chi connectivity index (χ0n) is 13.4. The molecule has 2 aromatic rings. The highest BCUT2D eigenvalue weighted by Gasteiger charge is 2.21. The van der Waals surface area contributed by atoms with Crippen molar-refractivity contribution in [2.75, 3.05) is 50.2 Å². The highest BCUT2D eigenvalue weighted by Crippen LogP contribution is 2.26. The van der Waals surface area contributed by atoms with Crippen LogP contribution in [0.5, 0.6) is 0 Å². The van der Waals surface area contributed by atoms with Gasteiger partial charge in [0.15, 0.2) is 5.16 Å². The Morgan fingerprint density at radius 2 is 1.96 bits per heavy atom. The van der Waals surface area contributed by atoms with E-state index in [-0.39, 0.29) is 0 Å². The van der Waals surface area contributed by atoms with Gasteiger partial charge in [0.05, 0.1) is 25.5 Å². The van der Waals surface area contributed by atoms with Gasteiger partial charge in [0.2, 0.25) is 5.95 Å². The van der Waals surface area contributed by atoms with Gasteiger partial charge in [0.25, 0.3) is 0 Å². The van der Waals surface area contributed by atoms with E-state index in [4.69, 9.17) is 9.47 Å². The van der Waals surface area contributed by atoms with Crippen LogP contribution in [0.15, 0.2) is 35.5 Å². The van der Waals surface area contributed by atoms with Crippen molar-refractivity contribution >= 4 is 17.7 Å². The molecule has 0 amide bonds. The number of para-hydroxylation sites is 1. The minimum absolute atomic E-state index is 0.718. The van der Waals surface area contributed by atoms with Crippen LogP contribution in [0.3, 0.4) is 0 Å². The molecule has 0 N–H and O–H groups in total. The van der Waals surface area contributed by atoms with Gasteiger partial charge in [-0.25, -0.2) is 0 Å². The van der Waals surface area contributed by atoms with Crippen LogP contribution in [0.2, 0.25) is 0 Å². The lowest BCUT2D eigenvalue weighted by Gasteiger charge is -2.27. The van der Waals surface area contributed by atoms with Gasteiger partial charge in [0, 0.05) is 25.4 Å². The summed E-state index contributed by atoms with van der Waals surface area (Å²) in [4.78, 5) is 2.23. The van der Waals surface area contributed by atoms with Crippen molar-refractivity contribution < 1.29 is 9.47 Å². The van der Waals surface area contributed by atoms with E-state index in [9.17, 15) is 0 Å². The first-order valence-corrected chi connectivity index (χ1v) is 8.92. The second-order valence-corrected chi connectivity index (χ2v) is 6.16. The number of ether oxygens (including phenoxy) is 2. The van der Waals surface area contributed by atoms with E-state index >= 15 is 0 Å². The molecule has 1 aliphatic rings. The van der Waals surface area contributed by atoms with Gasteiger partial charge < -0.3 is 14.4 Å². The predicted molar refractivity (Wildman–Crippen MR) is 91.6 cm³/mol. The topological polar surface area (TPSA) is 52.4 Å². The molecule has 23 heavy (non-hydrogen) atoms. The Labute approximate surface area is 140 Å². The predicted octanol–water partition coefficient (Wildman–Crippen LogP) is 2.23. The van der Waals surface area contributed by atoms with Crippen LogP contribution in [0.4, 0.5) is 5.95 Å². The highest BCUT2D eigenvalue weighted by molar-refractivity contribution is 7.99. The van der Waals surface area contributed by atoms with Crippen molar-refractivity contribution in [2.24, 2.45) is 0 Å². The third-order valence-corrected chi connectivity index (χ3v) is 4.48. The number of anilines is 1. The summed E-state index contributed by atoms with van der Waals surface area (Å²) < 4.78 is 13.0. The first kappa shape index (κ1) is 16.3. The molecule has 0 aliphatic carbocycles. The van der Waals surface area contributed by atoms with Gasteiger partial charge in [-0.15, -0.1) is 10.2 Å². The number of hydrogen-bond acceptors (Lipinski definition) is 6. The fourth-order valence-corrected chi connectivity index (χ4v) is 3.26. The molecule has 0 spiro atoms. The van der Waals surface area contributed by atoms with Crippen LogP contribution in [-0.4, -0.2) is 60.0 Å². The van der Waals surface area contributed by atoms with E-state index in [0.717, 1.165) is 62.1 Å². The molecule has 6 nitrogen and oxygen atoms in total. The van der Waals surface area contributed by atoms with Crippen molar-refractivity contribution in [3.63, 3.8) is 0 Å². The smallest absolute Gasteiger partial charge is 0.232 e. The molecule has 7 heteroatoms. The Hall–Kier alpha value is -1.57. The zero-order chi connectivity index (χ0) is 15.9. The Morgan fingerprint density at radius 1 is 1.17 bits per heavy atom. The molecule has 0 bridgehead atoms. The first-order valence-electron chi connectivity index (χ1n) is 7.94. The first-order chi connectivity index (χ1) is 11.4. The number of rotatable bonds is 7. The molecule has 1 fully saturated rings. The third kappa shape index (κ3) is 4.04. The van der Waals surface area contributed by atoms with Gasteiger partial charge >= 0.3 is 0 Å². The van der Waals surface area contributed by atoms with Crippen LogP contribution in [0, 0.1) is 0 Å². The zero-order valence-corrected chi connectivity index (χ0v) is 14.2. The average molecular weight is 334 g/mol. The monoisotopic (exact) mass is 334 g/mol. The van der Waals surface area contributed by atoms with Gasteiger partial charge in [-0.3, -0.25) is 4.57 Å². The van der Waals surface area contributed by atoms with Crippen molar-refractivity contribution in [1.29, 1.82) is 0 Å². The number of hydrogen-bond donors (Lipinski definition) is 0. The van der Waals surface area contributed by atoms with E-state index in [2.05, 4.69) is 31.8 Å². The van der Waals surface area contributed by atoms with E-state index in [1.807, 2.05) is 25.1 Å². The van der Waals surface area contributed by atoms with E-state index in [0.29, 0.717) is 0 Å². The van der Waals surface area contributed by atoms with Crippen molar-refractivity contribution in [1.82, 2.24) is 14.8 Å². The molecule has 1 aromatic heterocycles. The van der Waals surface area contributed by atoms with Gasteiger partial charge in [-0.2, -0.15) is 0 Å². The molecule has 0 atom stereocenters. The van der Waals surface area contributed by atoms with Crippen LogP contribution in [0.1, 0.15) is 6.92 Å². The lowest BCUT2D eigenvalue weighted by atomic mass is 10.3. The molecule has 3 rings (SSSR count). The van der Waals surface area contributed by atoms with E-state index in [1.165, 1.54) is 0 Å². The lowest BCUT2D eigenvalue weighted by molar-refractivity contribution is 0.122. The summed E-state index contributed by atoms with van der Waals surface area (Å²) in [6, 6.07) is 10.3. The maximum Gasteiger partial charge on any atom is 0.232 e. The van der Waals surface area contributed by atoms with Crippen LogP contribution < -0.4 is 4.90 Å². The summed E-state index contributed by atoms with van der Waals surface area (Å²) in [6.45, 7) is 6.61. The minimum atomic E-state index is 0.718. The normalized spacial score (nSPS) is 15.1. The van der Waals surface area contributed by atoms with Crippen LogP contribution >= 0.6 is 11.8 Å². The van der Waals surface area contributed by atoms with Gasteiger partial charge in [-0.1, -0.05) is 30.0 Å². The fraction of sp³-hybridized carbons (Fsp3) is 0.500. The number of benzene rings is 1. The molecule has 1 aromatic carbocycles. The Morgan fingerprint density at radius 3 is 2.70 bits per heavy atom. The average Bonchev–Trinajstić information content (AvgIpc) is 3.04. The van der Waals surface area contributed by atoms with Gasteiger partial charge in [-0.05, 0) is 19.1 Å². The Bertz CT molecular complexity index is 599. The summed E-state index contributed by atoms with van der Waals surface area (Å²) in [5.74, 6) is 1.75. The maximum atomic E-state index is 5.44. The highest BCUT2D eigenvalue weighted by atomic mass is 32.2. The molecule has 2 heterocycles. The minimum Gasteiger partial charge on any atom is -0.381 e. The van der Waals surface area contributed by atoms with E-state index in [1.54, 1.807) is 11.8 Å². The maximum absolute atomic E-state index is 5.44.